The highest BCUT2D eigenvalue weighted by Crippen LogP contribution is 2.06. The predicted molar refractivity (Wildman–Crippen MR) is 46.7 cm³/mol. The summed E-state index contributed by atoms with van der Waals surface area (Å²) in [6, 6.07) is 8.03. The van der Waals surface area contributed by atoms with Crippen molar-refractivity contribution in [3.8, 4) is 0 Å². The minimum atomic E-state index is 0.372. The zero-order chi connectivity index (χ0) is 8.81. The maximum absolute atomic E-state index is 9.91. The van der Waals surface area contributed by atoms with Crippen LogP contribution in [0.2, 0.25) is 0 Å². The molecule has 64 valence electrons. The largest absolute Gasteiger partial charge is 0.463 e. The average Bonchev–Trinajstić information content (AvgIpc) is 2.15. The fourth-order valence-corrected chi connectivity index (χ4v) is 1.07. The number of carbonyl (C=O) groups excluding carboxylic acids is 1. The summed E-state index contributed by atoms with van der Waals surface area (Å²) in [4.78, 5) is 9.91. The molecule has 0 saturated heterocycles. The van der Waals surface area contributed by atoms with Crippen LogP contribution in [0.15, 0.2) is 24.3 Å². The molecule has 2 nitrogen and oxygen atoms in total. The van der Waals surface area contributed by atoms with Crippen molar-refractivity contribution >= 4 is 6.47 Å². The van der Waals surface area contributed by atoms with Crippen molar-refractivity contribution in [2.45, 2.75) is 20.0 Å². The molecule has 0 fully saturated rings. The molecule has 0 N–H and O–H groups in total. The molecule has 0 aliphatic heterocycles. The van der Waals surface area contributed by atoms with E-state index >= 15 is 0 Å². The van der Waals surface area contributed by atoms with Crippen molar-refractivity contribution in [3.63, 3.8) is 0 Å². The van der Waals surface area contributed by atoms with Gasteiger partial charge in [0.15, 0.2) is 0 Å². The van der Waals surface area contributed by atoms with Crippen molar-refractivity contribution in [1.29, 1.82) is 0 Å². The summed E-state index contributed by atoms with van der Waals surface area (Å²) in [6.45, 7) is 2.94. The lowest BCUT2D eigenvalue weighted by Gasteiger charge is -2.01. The number of hydrogen-bond donors (Lipinski definition) is 0. The molecule has 0 saturated carbocycles. The molecule has 0 unspecified atom stereocenters. The summed E-state index contributed by atoms with van der Waals surface area (Å²) >= 11 is 0. The van der Waals surface area contributed by atoms with Crippen LogP contribution in [0.25, 0.3) is 0 Å². The molecule has 0 bridgehead atoms. The Morgan fingerprint density at radius 1 is 1.42 bits per heavy atom. The van der Waals surface area contributed by atoms with Crippen LogP contribution in [-0.2, 0) is 22.6 Å². The van der Waals surface area contributed by atoms with Gasteiger partial charge in [-0.1, -0.05) is 31.2 Å². The lowest BCUT2D eigenvalue weighted by molar-refractivity contribution is -0.129. The second-order valence-corrected chi connectivity index (χ2v) is 2.58. The molecule has 12 heavy (non-hydrogen) atoms. The Hall–Kier alpha value is -1.31. The third-order valence-electron chi connectivity index (χ3n) is 1.72. The van der Waals surface area contributed by atoms with Crippen LogP contribution in [0, 0.1) is 0 Å². The second kappa shape index (κ2) is 4.54. The Morgan fingerprint density at radius 3 is 2.83 bits per heavy atom. The maximum Gasteiger partial charge on any atom is 0.293 e. The monoisotopic (exact) mass is 164 g/mol. The van der Waals surface area contributed by atoms with Gasteiger partial charge in [-0.15, -0.1) is 0 Å². The van der Waals surface area contributed by atoms with Gasteiger partial charge in [-0.25, -0.2) is 0 Å². The molecular formula is C10H12O2. The number of carbonyl (C=O) groups is 1. The molecule has 0 aliphatic rings. The van der Waals surface area contributed by atoms with Crippen molar-refractivity contribution in [1.82, 2.24) is 0 Å². The standard InChI is InChI=1S/C10H12O2/c1-2-9-4-3-5-10(6-9)7-12-8-11/h3-6,8H,2,7H2,1H3. The van der Waals surface area contributed by atoms with Gasteiger partial charge in [0, 0.05) is 0 Å². The molecule has 1 aromatic carbocycles. The van der Waals surface area contributed by atoms with Crippen molar-refractivity contribution in [2.24, 2.45) is 0 Å². The summed E-state index contributed by atoms with van der Waals surface area (Å²) in [6.07, 6.45) is 1.01. The molecule has 0 heterocycles. The fourth-order valence-electron chi connectivity index (χ4n) is 1.07. The zero-order valence-electron chi connectivity index (χ0n) is 7.12. The molecule has 0 spiro atoms. The van der Waals surface area contributed by atoms with Gasteiger partial charge in [0.25, 0.3) is 6.47 Å². The van der Waals surface area contributed by atoms with Gasteiger partial charge in [0.05, 0.1) is 0 Å². The van der Waals surface area contributed by atoms with Gasteiger partial charge < -0.3 is 4.74 Å². The van der Waals surface area contributed by atoms with E-state index in [0.29, 0.717) is 13.1 Å². The van der Waals surface area contributed by atoms with E-state index in [1.807, 2.05) is 18.2 Å². The Balaban J connectivity index is 2.65. The summed E-state index contributed by atoms with van der Waals surface area (Å²) in [5.41, 5.74) is 2.31. The Bertz CT molecular complexity index is 256. The number of rotatable bonds is 4. The highest BCUT2D eigenvalue weighted by atomic mass is 16.5. The van der Waals surface area contributed by atoms with Crippen LogP contribution >= 0.6 is 0 Å². The van der Waals surface area contributed by atoms with Gasteiger partial charge in [-0.05, 0) is 17.5 Å². The van der Waals surface area contributed by atoms with Crippen LogP contribution in [0.3, 0.4) is 0 Å². The first-order chi connectivity index (χ1) is 5.86. The summed E-state index contributed by atoms with van der Waals surface area (Å²) in [7, 11) is 0. The normalized spacial score (nSPS) is 9.42. The molecule has 0 amide bonds. The molecule has 0 atom stereocenters. The van der Waals surface area contributed by atoms with Gasteiger partial charge in [-0.2, -0.15) is 0 Å². The predicted octanol–water partition coefficient (Wildman–Crippen LogP) is 1.92. The van der Waals surface area contributed by atoms with Gasteiger partial charge >= 0.3 is 0 Å². The average molecular weight is 164 g/mol. The first kappa shape index (κ1) is 8.78. The zero-order valence-corrected chi connectivity index (χ0v) is 7.12. The van der Waals surface area contributed by atoms with Crippen molar-refractivity contribution in [3.05, 3.63) is 35.4 Å². The SMILES string of the molecule is CCc1cccc(COC=O)c1. The van der Waals surface area contributed by atoms with E-state index in [-0.39, 0.29) is 0 Å². The Labute approximate surface area is 72.2 Å². The van der Waals surface area contributed by atoms with Gasteiger partial charge in [0.1, 0.15) is 6.61 Å². The Kier molecular flexibility index (Phi) is 3.33. The van der Waals surface area contributed by atoms with E-state index in [2.05, 4.69) is 17.7 Å². The second-order valence-electron chi connectivity index (χ2n) is 2.58. The van der Waals surface area contributed by atoms with Crippen LogP contribution in [0.1, 0.15) is 18.1 Å². The molecule has 0 radical (unpaired) electrons. The first-order valence-electron chi connectivity index (χ1n) is 4.00. The summed E-state index contributed by atoms with van der Waals surface area (Å²) < 4.78 is 4.64. The first-order valence-corrected chi connectivity index (χ1v) is 4.00. The quantitative estimate of drug-likeness (QED) is 0.635. The molecule has 1 rings (SSSR count). The third-order valence-corrected chi connectivity index (χ3v) is 1.72. The lowest BCUT2D eigenvalue weighted by Crippen LogP contribution is -1.91. The Morgan fingerprint density at radius 2 is 2.17 bits per heavy atom. The molecule has 2 heteroatoms. The molecule has 0 aliphatic carbocycles. The van der Waals surface area contributed by atoms with E-state index < -0.39 is 0 Å². The lowest BCUT2D eigenvalue weighted by atomic mass is 10.1. The van der Waals surface area contributed by atoms with Crippen LogP contribution < -0.4 is 0 Å². The van der Waals surface area contributed by atoms with Crippen LogP contribution in [-0.4, -0.2) is 6.47 Å². The van der Waals surface area contributed by atoms with E-state index in [1.54, 1.807) is 0 Å². The highest BCUT2D eigenvalue weighted by Gasteiger charge is 1.93. The van der Waals surface area contributed by atoms with Crippen LogP contribution in [0.4, 0.5) is 0 Å². The van der Waals surface area contributed by atoms with Crippen molar-refractivity contribution in [2.75, 3.05) is 0 Å². The minimum absolute atomic E-state index is 0.372. The van der Waals surface area contributed by atoms with Crippen molar-refractivity contribution < 1.29 is 9.53 Å². The highest BCUT2D eigenvalue weighted by molar-refractivity contribution is 5.37. The smallest absolute Gasteiger partial charge is 0.293 e. The number of ether oxygens (including phenoxy) is 1. The number of aryl methyl sites for hydroxylation is 1. The van der Waals surface area contributed by atoms with E-state index in [9.17, 15) is 4.79 Å². The van der Waals surface area contributed by atoms with E-state index in [0.717, 1.165) is 12.0 Å². The maximum atomic E-state index is 9.91. The summed E-state index contributed by atoms with van der Waals surface area (Å²) in [5, 5.41) is 0. The van der Waals surface area contributed by atoms with E-state index in [4.69, 9.17) is 0 Å². The minimum Gasteiger partial charge on any atom is -0.463 e. The molecule has 0 aromatic heterocycles. The number of hydrogen-bond acceptors (Lipinski definition) is 2. The topological polar surface area (TPSA) is 26.3 Å². The summed E-state index contributed by atoms with van der Waals surface area (Å²) in [5.74, 6) is 0. The van der Waals surface area contributed by atoms with Gasteiger partial charge in [0.2, 0.25) is 0 Å². The number of benzene rings is 1. The molecular weight excluding hydrogens is 152 g/mol. The van der Waals surface area contributed by atoms with Crippen LogP contribution in [0.5, 0.6) is 0 Å². The third kappa shape index (κ3) is 2.38. The molecule has 1 aromatic rings. The van der Waals surface area contributed by atoms with E-state index in [1.165, 1.54) is 5.56 Å². The van der Waals surface area contributed by atoms with Gasteiger partial charge in [-0.3, -0.25) is 4.79 Å². The fraction of sp³-hybridized carbons (Fsp3) is 0.300.